The Morgan fingerprint density at radius 2 is 2.00 bits per heavy atom. The molecule has 0 saturated carbocycles. The minimum Gasteiger partial charge on any atom is -0.396 e. The van der Waals surface area contributed by atoms with E-state index in [1.807, 2.05) is 13.8 Å². The van der Waals surface area contributed by atoms with Crippen LogP contribution in [0.3, 0.4) is 0 Å². The van der Waals surface area contributed by atoms with E-state index in [0.717, 1.165) is 45.3 Å². The number of hydrogen-bond donors (Lipinski definition) is 2. The van der Waals surface area contributed by atoms with Gasteiger partial charge < -0.3 is 15.1 Å². The van der Waals surface area contributed by atoms with Crippen molar-refractivity contribution in [2.45, 2.75) is 45.1 Å². The first-order chi connectivity index (χ1) is 7.13. The molecule has 0 aromatic rings. The van der Waals surface area contributed by atoms with E-state index in [1.54, 1.807) is 0 Å². The van der Waals surface area contributed by atoms with Crippen molar-refractivity contribution >= 4 is 0 Å². The summed E-state index contributed by atoms with van der Waals surface area (Å²) in [6, 6.07) is 0. The lowest BCUT2D eigenvalue weighted by molar-refractivity contribution is -0.0173. The predicted octanol–water partition coefficient (Wildman–Crippen LogP) is 1.24. The summed E-state index contributed by atoms with van der Waals surface area (Å²) in [4.78, 5) is 2.30. The van der Waals surface area contributed by atoms with Gasteiger partial charge in [0.2, 0.25) is 0 Å². The Balaban J connectivity index is 2.43. The van der Waals surface area contributed by atoms with Gasteiger partial charge in [-0.25, -0.2) is 0 Å². The van der Waals surface area contributed by atoms with Crippen LogP contribution in [0.25, 0.3) is 0 Å². The van der Waals surface area contributed by atoms with Crippen molar-refractivity contribution in [1.29, 1.82) is 0 Å². The molecule has 1 rings (SSSR count). The number of β-amino-alcohol motifs (C(OH)–C–C–N with tert-alkyl or cyclic N) is 1. The van der Waals surface area contributed by atoms with Gasteiger partial charge in [0.15, 0.2) is 0 Å². The molecule has 1 unspecified atom stereocenters. The van der Waals surface area contributed by atoms with Gasteiger partial charge in [-0.15, -0.1) is 0 Å². The van der Waals surface area contributed by atoms with E-state index in [-0.39, 0.29) is 6.61 Å². The van der Waals surface area contributed by atoms with Gasteiger partial charge in [0, 0.05) is 19.7 Å². The SMILES string of the molecule is CCC(O)(CC)CN1CCCC(CO)C1. The minimum atomic E-state index is -0.530. The highest BCUT2D eigenvalue weighted by atomic mass is 16.3. The zero-order valence-corrected chi connectivity index (χ0v) is 10.1. The van der Waals surface area contributed by atoms with Crippen molar-refractivity contribution < 1.29 is 10.2 Å². The average Bonchev–Trinajstić information content (AvgIpc) is 2.29. The third kappa shape index (κ3) is 3.74. The topological polar surface area (TPSA) is 43.7 Å². The molecular formula is C12H25NO2. The molecule has 1 aliphatic heterocycles. The summed E-state index contributed by atoms with van der Waals surface area (Å²) < 4.78 is 0. The fourth-order valence-electron chi connectivity index (χ4n) is 2.33. The van der Waals surface area contributed by atoms with Gasteiger partial charge in [-0.1, -0.05) is 13.8 Å². The molecule has 0 radical (unpaired) electrons. The third-order valence-electron chi connectivity index (χ3n) is 3.70. The lowest BCUT2D eigenvalue weighted by Crippen LogP contribution is -2.46. The van der Waals surface area contributed by atoms with Gasteiger partial charge in [0.25, 0.3) is 0 Å². The van der Waals surface area contributed by atoms with Crippen molar-refractivity contribution in [3.05, 3.63) is 0 Å². The van der Waals surface area contributed by atoms with Crippen LogP contribution < -0.4 is 0 Å². The van der Waals surface area contributed by atoms with Crippen LogP contribution in [0.5, 0.6) is 0 Å². The fourth-order valence-corrected chi connectivity index (χ4v) is 2.33. The van der Waals surface area contributed by atoms with Crippen LogP contribution in [0.4, 0.5) is 0 Å². The number of aliphatic hydroxyl groups excluding tert-OH is 1. The number of likely N-dealkylation sites (tertiary alicyclic amines) is 1. The van der Waals surface area contributed by atoms with Crippen LogP contribution in [0, 0.1) is 5.92 Å². The average molecular weight is 215 g/mol. The number of hydrogen-bond acceptors (Lipinski definition) is 3. The zero-order chi connectivity index (χ0) is 11.3. The van der Waals surface area contributed by atoms with Gasteiger partial charge in [-0.2, -0.15) is 0 Å². The molecule has 2 N–H and O–H groups in total. The number of nitrogens with zero attached hydrogens (tertiary/aromatic N) is 1. The molecule has 0 aromatic carbocycles. The molecular weight excluding hydrogens is 190 g/mol. The van der Waals surface area contributed by atoms with Gasteiger partial charge >= 0.3 is 0 Å². The fraction of sp³-hybridized carbons (Fsp3) is 1.00. The molecule has 1 saturated heterocycles. The van der Waals surface area contributed by atoms with E-state index in [2.05, 4.69) is 4.90 Å². The first-order valence-corrected chi connectivity index (χ1v) is 6.19. The Kier molecular flexibility index (Phi) is 5.03. The van der Waals surface area contributed by atoms with Gasteiger partial charge in [0.1, 0.15) is 0 Å². The molecule has 1 atom stereocenters. The molecule has 0 amide bonds. The highest BCUT2D eigenvalue weighted by Gasteiger charge is 2.28. The van der Waals surface area contributed by atoms with Gasteiger partial charge in [-0.05, 0) is 38.1 Å². The standard InChI is InChI=1S/C12H25NO2/c1-3-12(15,4-2)10-13-7-5-6-11(8-13)9-14/h11,14-15H,3-10H2,1-2H3. The Bertz CT molecular complexity index is 180. The van der Waals surface area contributed by atoms with Gasteiger partial charge in [0.05, 0.1) is 5.60 Å². The molecule has 0 aliphatic carbocycles. The Hall–Kier alpha value is -0.120. The van der Waals surface area contributed by atoms with E-state index in [9.17, 15) is 5.11 Å². The smallest absolute Gasteiger partial charge is 0.0768 e. The third-order valence-corrected chi connectivity index (χ3v) is 3.70. The summed E-state index contributed by atoms with van der Waals surface area (Å²) in [5.41, 5.74) is -0.530. The second-order valence-electron chi connectivity index (χ2n) is 4.86. The van der Waals surface area contributed by atoms with Crippen LogP contribution in [0.15, 0.2) is 0 Å². The Labute approximate surface area is 93.1 Å². The molecule has 15 heavy (non-hydrogen) atoms. The molecule has 3 heteroatoms. The van der Waals surface area contributed by atoms with Crippen LogP contribution >= 0.6 is 0 Å². The van der Waals surface area contributed by atoms with Crippen LogP contribution in [0.2, 0.25) is 0 Å². The lowest BCUT2D eigenvalue weighted by atomic mass is 9.93. The summed E-state index contributed by atoms with van der Waals surface area (Å²) in [6.07, 6.45) is 3.89. The normalized spacial score (nSPS) is 24.4. The Morgan fingerprint density at radius 1 is 1.33 bits per heavy atom. The number of aliphatic hydroxyl groups is 2. The van der Waals surface area contributed by atoms with Crippen molar-refractivity contribution in [2.24, 2.45) is 5.92 Å². The van der Waals surface area contributed by atoms with E-state index in [0.29, 0.717) is 5.92 Å². The van der Waals surface area contributed by atoms with Crippen LogP contribution in [0.1, 0.15) is 39.5 Å². The summed E-state index contributed by atoms with van der Waals surface area (Å²) in [5, 5.41) is 19.4. The summed E-state index contributed by atoms with van der Waals surface area (Å²) in [5.74, 6) is 0.414. The molecule has 3 nitrogen and oxygen atoms in total. The first kappa shape index (κ1) is 12.9. The van der Waals surface area contributed by atoms with Crippen molar-refractivity contribution in [2.75, 3.05) is 26.2 Å². The van der Waals surface area contributed by atoms with Crippen LogP contribution in [-0.4, -0.2) is 47.0 Å². The molecule has 0 aromatic heterocycles. The predicted molar refractivity (Wildman–Crippen MR) is 61.8 cm³/mol. The highest BCUT2D eigenvalue weighted by Crippen LogP contribution is 2.21. The molecule has 0 spiro atoms. The van der Waals surface area contributed by atoms with Crippen LogP contribution in [-0.2, 0) is 0 Å². The quantitative estimate of drug-likeness (QED) is 0.725. The largest absolute Gasteiger partial charge is 0.396 e. The van der Waals surface area contributed by atoms with E-state index >= 15 is 0 Å². The highest BCUT2D eigenvalue weighted by molar-refractivity contribution is 4.82. The summed E-state index contributed by atoms with van der Waals surface area (Å²) >= 11 is 0. The molecule has 1 aliphatic rings. The molecule has 1 fully saturated rings. The first-order valence-electron chi connectivity index (χ1n) is 6.19. The number of rotatable bonds is 5. The number of piperidine rings is 1. The second-order valence-corrected chi connectivity index (χ2v) is 4.86. The van der Waals surface area contributed by atoms with E-state index in [1.165, 1.54) is 0 Å². The maximum Gasteiger partial charge on any atom is 0.0768 e. The monoisotopic (exact) mass is 215 g/mol. The van der Waals surface area contributed by atoms with Crippen molar-refractivity contribution in [3.63, 3.8) is 0 Å². The molecule has 1 heterocycles. The van der Waals surface area contributed by atoms with Gasteiger partial charge in [-0.3, -0.25) is 0 Å². The molecule has 90 valence electrons. The summed E-state index contributed by atoms with van der Waals surface area (Å²) in [6.45, 7) is 7.13. The van der Waals surface area contributed by atoms with Crippen molar-refractivity contribution in [1.82, 2.24) is 4.90 Å². The minimum absolute atomic E-state index is 0.285. The van der Waals surface area contributed by atoms with E-state index in [4.69, 9.17) is 5.11 Å². The maximum absolute atomic E-state index is 10.2. The maximum atomic E-state index is 10.2. The second kappa shape index (κ2) is 5.83. The lowest BCUT2D eigenvalue weighted by Gasteiger charge is -2.37. The molecule has 0 bridgehead atoms. The zero-order valence-electron chi connectivity index (χ0n) is 10.1. The van der Waals surface area contributed by atoms with Crippen molar-refractivity contribution in [3.8, 4) is 0 Å². The van der Waals surface area contributed by atoms with E-state index < -0.39 is 5.60 Å². The Morgan fingerprint density at radius 3 is 2.53 bits per heavy atom. The summed E-state index contributed by atoms with van der Waals surface area (Å²) in [7, 11) is 0.